The summed E-state index contributed by atoms with van der Waals surface area (Å²) in [5.41, 5.74) is 6.22. The molecular weight excluding hydrogens is 438 g/mol. The van der Waals surface area contributed by atoms with E-state index in [1.807, 2.05) is 0 Å². The van der Waals surface area contributed by atoms with E-state index in [2.05, 4.69) is 22.0 Å². The summed E-state index contributed by atoms with van der Waals surface area (Å²) in [5, 5.41) is 2.79. The van der Waals surface area contributed by atoms with Crippen LogP contribution in [0.5, 0.6) is 5.75 Å². The molecule has 1 aromatic carbocycles. The van der Waals surface area contributed by atoms with Crippen LogP contribution in [0.1, 0.15) is 26.2 Å². The van der Waals surface area contributed by atoms with Crippen molar-refractivity contribution in [3.05, 3.63) is 24.3 Å². The highest BCUT2D eigenvalue weighted by Crippen LogP contribution is 2.23. The highest BCUT2D eigenvalue weighted by molar-refractivity contribution is 14.0. The Labute approximate surface area is 156 Å². The average molecular weight is 461 g/mol. The lowest BCUT2D eigenvalue weighted by molar-refractivity contribution is -0.274. The maximum absolute atomic E-state index is 12.0. The lowest BCUT2D eigenvalue weighted by Gasteiger charge is -2.10. The molecule has 0 bridgehead atoms. The Balaban J connectivity index is 0.00000529. The average Bonchev–Trinajstić information content (AvgIpc) is 2.47. The number of aliphatic imine (C=N–C) groups is 1. The van der Waals surface area contributed by atoms with Crippen molar-refractivity contribution in [2.45, 2.75) is 32.5 Å². The van der Waals surface area contributed by atoms with E-state index >= 15 is 0 Å². The number of nitrogens with one attached hydrogen (secondary N) is 1. The van der Waals surface area contributed by atoms with Gasteiger partial charge in [-0.1, -0.05) is 13.3 Å². The fourth-order valence-electron chi connectivity index (χ4n) is 1.64. The summed E-state index contributed by atoms with van der Waals surface area (Å²) in [6.07, 6.45) is -1.80. The maximum atomic E-state index is 12.0. The third-order valence-electron chi connectivity index (χ3n) is 2.73. The molecule has 1 aromatic rings. The molecule has 5 nitrogen and oxygen atoms in total. The number of nitrogens with two attached hydrogens (primary N) is 1. The van der Waals surface area contributed by atoms with Crippen LogP contribution in [0.25, 0.3) is 0 Å². The van der Waals surface area contributed by atoms with Gasteiger partial charge < -0.3 is 20.5 Å². The molecule has 0 heterocycles. The summed E-state index contributed by atoms with van der Waals surface area (Å²) < 4.78 is 45.3. The van der Waals surface area contributed by atoms with Crippen LogP contribution >= 0.6 is 24.0 Å². The van der Waals surface area contributed by atoms with Crippen molar-refractivity contribution >= 4 is 35.6 Å². The summed E-state index contributed by atoms with van der Waals surface area (Å²) in [6.45, 7) is 3.99. The molecule has 0 spiro atoms. The SMILES string of the molecule is CCCCOCCCN=C(N)Nc1ccc(OC(F)(F)F)cc1.I. The lowest BCUT2D eigenvalue weighted by Crippen LogP contribution is -2.23. The molecule has 0 radical (unpaired) electrons. The summed E-state index contributed by atoms with van der Waals surface area (Å²) in [5.74, 6) is -0.0918. The third-order valence-corrected chi connectivity index (χ3v) is 2.73. The van der Waals surface area contributed by atoms with Gasteiger partial charge in [-0.15, -0.1) is 37.1 Å². The first kappa shape index (κ1) is 22.8. The Morgan fingerprint density at radius 1 is 1.17 bits per heavy atom. The number of nitrogens with zero attached hydrogens (tertiary/aromatic N) is 1. The van der Waals surface area contributed by atoms with Gasteiger partial charge in [-0.2, -0.15) is 0 Å². The van der Waals surface area contributed by atoms with E-state index in [1.165, 1.54) is 24.3 Å². The van der Waals surface area contributed by atoms with Crippen LogP contribution in [-0.2, 0) is 4.74 Å². The summed E-state index contributed by atoms with van der Waals surface area (Å²) in [6, 6.07) is 5.25. The largest absolute Gasteiger partial charge is 0.573 e. The second-order valence-electron chi connectivity index (χ2n) is 4.78. The molecule has 0 aliphatic carbocycles. The molecular formula is C15H23F3IN3O2. The molecule has 1 rings (SSSR count). The van der Waals surface area contributed by atoms with Gasteiger partial charge in [0.15, 0.2) is 5.96 Å². The van der Waals surface area contributed by atoms with Gasteiger partial charge in [0.25, 0.3) is 0 Å². The maximum Gasteiger partial charge on any atom is 0.573 e. The van der Waals surface area contributed by atoms with Gasteiger partial charge in [-0.25, -0.2) is 0 Å². The van der Waals surface area contributed by atoms with E-state index in [0.717, 1.165) is 25.9 Å². The molecule has 138 valence electrons. The molecule has 0 amide bonds. The number of anilines is 1. The number of guanidine groups is 1. The number of rotatable bonds is 9. The molecule has 0 aromatic heterocycles. The predicted molar refractivity (Wildman–Crippen MR) is 99.0 cm³/mol. The number of hydrogen-bond acceptors (Lipinski definition) is 3. The van der Waals surface area contributed by atoms with E-state index in [-0.39, 0.29) is 35.7 Å². The van der Waals surface area contributed by atoms with Gasteiger partial charge >= 0.3 is 6.36 Å². The first-order chi connectivity index (χ1) is 10.9. The minimum absolute atomic E-state index is 0. The molecule has 3 N–H and O–H groups in total. The minimum Gasteiger partial charge on any atom is -0.406 e. The van der Waals surface area contributed by atoms with Crippen LogP contribution in [0, 0.1) is 0 Å². The second-order valence-corrected chi connectivity index (χ2v) is 4.78. The van der Waals surface area contributed by atoms with Crippen LogP contribution in [0.15, 0.2) is 29.3 Å². The molecule has 0 aliphatic heterocycles. The fraction of sp³-hybridized carbons (Fsp3) is 0.533. The molecule has 0 fully saturated rings. The van der Waals surface area contributed by atoms with Crippen molar-refractivity contribution in [1.29, 1.82) is 0 Å². The van der Waals surface area contributed by atoms with E-state index in [1.54, 1.807) is 0 Å². The smallest absolute Gasteiger partial charge is 0.406 e. The number of hydrogen-bond donors (Lipinski definition) is 2. The van der Waals surface area contributed by atoms with Gasteiger partial charge in [-0.05, 0) is 37.1 Å². The molecule has 0 atom stereocenters. The fourth-order valence-corrected chi connectivity index (χ4v) is 1.64. The number of ether oxygens (including phenoxy) is 2. The molecule has 9 heteroatoms. The Morgan fingerprint density at radius 3 is 2.38 bits per heavy atom. The van der Waals surface area contributed by atoms with Crippen molar-refractivity contribution in [2.75, 3.05) is 25.1 Å². The van der Waals surface area contributed by atoms with Crippen molar-refractivity contribution in [1.82, 2.24) is 0 Å². The van der Waals surface area contributed by atoms with Crippen molar-refractivity contribution in [2.24, 2.45) is 10.7 Å². The van der Waals surface area contributed by atoms with E-state index < -0.39 is 6.36 Å². The summed E-state index contributed by atoms with van der Waals surface area (Å²) >= 11 is 0. The van der Waals surface area contributed by atoms with Gasteiger partial charge in [0.1, 0.15) is 5.75 Å². The Kier molecular flexibility index (Phi) is 11.6. The van der Waals surface area contributed by atoms with Crippen molar-refractivity contribution in [3.8, 4) is 5.75 Å². The van der Waals surface area contributed by atoms with E-state index in [9.17, 15) is 13.2 Å². The van der Waals surface area contributed by atoms with Gasteiger partial charge in [-0.3, -0.25) is 4.99 Å². The topological polar surface area (TPSA) is 68.9 Å². The number of benzene rings is 1. The van der Waals surface area contributed by atoms with Crippen molar-refractivity contribution in [3.63, 3.8) is 0 Å². The van der Waals surface area contributed by atoms with E-state index in [0.29, 0.717) is 18.8 Å². The van der Waals surface area contributed by atoms with Crippen LogP contribution < -0.4 is 15.8 Å². The lowest BCUT2D eigenvalue weighted by atomic mass is 10.3. The number of unbranched alkanes of at least 4 members (excludes halogenated alkanes) is 1. The zero-order chi connectivity index (χ0) is 17.1. The van der Waals surface area contributed by atoms with Gasteiger partial charge in [0.05, 0.1) is 0 Å². The standard InChI is InChI=1S/C15H22F3N3O2.HI/c1-2-3-10-22-11-4-9-20-14(19)21-12-5-7-13(8-6-12)23-15(16,17)18;/h5-8H,2-4,9-11H2,1H3,(H3,19,20,21);1H. The summed E-state index contributed by atoms with van der Waals surface area (Å²) in [4.78, 5) is 4.11. The molecule has 24 heavy (non-hydrogen) atoms. The predicted octanol–water partition coefficient (Wildman–Crippen LogP) is 4.14. The first-order valence-electron chi connectivity index (χ1n) is 7.41. The number of alkyl halides is 3. The zero-order valence-corrected chi connectivity index (χ0v) is 15.8. The van der Waals surface area contributed by atoms with Gasteiger partial charge in [0.2, 0.25) is 0 Å². The summed E-state index contributed by atoms with van der Waals surface area (Å²) in [7, 11) is 0. The van der Waals surface area contributed by atoms with Crippen molar-refractivity contribution < 1.29 is 22.6 Å². The minimum atomic E-state index is -4.70. The Hall–Kier alpha value is -1.23. The van der Waals surface area contributed by atoms with Crippen LogP contribution in [0.2, 0.25) is 0 Å². The third kappa shape index (κ3) is 11.3. The quantitative estimate of drug-likeness (QED) is 0.251. The Morgan fingerprint density at radius 2 is 1.79 bits per heavy atom. The monoisotopic (exact) mass is 461 g/mol. The molecule has 0 unspecified atom stereocenters. The number of halogens is 4. The normalized spacial score (nSPS) is 11.8. The van der Waals surface area contributed by atoms with Crippen LogP contribution in [-0.4, -0.2) is 32.1 Å². The Bertz CT molecular complexity index is 482. The highest BCUT2D eigenvalue weighted by Gasteiger charge is 2.30. The van der Waals surface area contributed by atoms with E-state index in [4.69, 9.17) is 10.5 Å². The first-order valence-corrected chi connectivity index (χ1v) is 7.41. The molecule has 0 saturated heterocycles. The molecule has 0 aliphatic rings. The second kappa shape index (κ2) is 12.2. The highest BCUT2D eigenvalue weighted by atomic mass is 127. The van der Waals surface area contributed by atoms with Crippen LogP contribution in [0.3, 0.4) is 0 Å². The van der Waals surface area contributed by atoms with Gasteiger partial charge in [0, 0.05) is 25.4 Å². The zero-order valence-electron chi connectivity index (χ0n) is 13.4. The van der Waals surface area contributed by atoms with Crippen LogP contribution in [0.4, 0.5) is 18.9 Å². The molecule has 0 saturated carbocycles.